The fraction of sp³-hybridized carbons (Fsp3) is 0.259. The van der Waals surface area contributed by atoms with Gasteiger partial charge < -0.3 is 19.7 Å². The SMILES string of the molecule is COCCNC(=O)[C@@H](C)N(Cc1ccc(F)cc1)C(=O)COc1ccc(S(=O)(=O)Nc2ccc(F)cc2)cc1. The maximum Gasteiger partial charge on any atom is 0.261 e. The van der Waals surface area contributed by atoms with Gasteiger partial charge in [-0.2, -0.15) is 0 Å². The van der Waals surface area contributed by atoms with E-state index in [1.54, 1.807) is 6.92 Å². The number of benzene rings is 3. The number of halogens is 2. The number of hydrogen-bond donors (Lipinski definition) is 2. The zero-order valence-corrected chi connectivity index (χ0v) is 22.2. The van der Waals surface area contributed by atoms with Gasteiger partial charge in [0.15, 0.2) is 6.61 Å². The van der Waals surface area contributed by atoms with E-state index in [1.165, 1.54) is 72.7 Å². The van der Waals surface area contributed by atoms with Crippen LogP contribution in [0.3, 0.4) is 0 Å². The monoisotopic (exact) mass is 561 g/mol. The number of amides is 2. The first kappa shape index (κ1) is 29.5. The molecule has 3 aromatic rings. The van der Waals surface area contributed by atoms with Gasteiger partial charge in [0.25, 0.3) is 15.9 Å². The molecule has 0 unspecified atom stereocenters. The lowest BCUT2D eigenvalue weighted by atomic mass is 10.1. The van der Waals surface area contributed by atoms with Crippen molar-refractivity contribution < 1.29 is 36.3 Å². The summed E-state index contributed by atoms with van der Waals surface area (Å²) in [5.74, 6) is -1.60. The van der Waals surface area contributed by atoms with E-state index in [4.69, 9.17) is 9.47 Å². The maximum absolute atomic E-state index is 13.3. The molecule has 1 atom stereocenters. The highest BCUT2D eigenvalue weighted by atomic mass is 32.2. The Kier molecular flexibility index (Phi) is 10.4. The maximum atomic E-state index is 13.3. The third-order valence-corrected chi connectivity index (χ3v) is 7.03. The van der Waals surface area contributed by atoms with E-state index >= 15 is 0 Å². The average Bonchev–Trinajstić information content (AvgIpc) is 2.92. The molecule has 3 aromatic carbocycles. The van der Waals surface area contributed by atoms with Crippen molar-refractivity contribution >= 4 is 27.5 Å². The van der Waals surface area contributed by atoms with Crippen LogP contribution in [0, 0.1) is 11.6 Å². The summed E-state index contributed by atoms with van der Waals surface area (Å²) in [5.41, 5.74) is 0.813. The zero-order valence-electron chi connectivity index (χ0n) is 21.4. The van der Waals surface area contributed by atoms with Crippen molar-refractivity contribution in [2.75, 3.05) is 31.6 Å². The summed E-state index contributed by atoms with van der Waals surface area (Å²) in [6.45, 7) is 1.74. The number of methoxy groups -OCH3 is 1. The molecule has 0 fully saturated rings. The summed E-state index contributed by atoms with van der Waals surface area (Å²) in [4.78, 5) is 27.0. The number of rotatable bonds is 13. The van der Waals surface area contributed by atoms with Crippen molar-refractivity contribution in [3.63, 3.8) is 0 Å². The molecule has 12 heteroatoms. The molecule has 0 spiro atoms. The lowest BCUT2D eigenvalue weighted by molar-refractivity contribution is -0.142. The third kappa shape index (κ3) is 8.76. The van der Waals surface area contributed by atoms with E-state index in [0.717, 1.165) is 12.1 Å². The molecular formula is C27H29F2N3O6S. The summed E-state index contributed by atoms with van der Waals surface area (Å²) in [7, 11) is -2.44. The lowest BCUT2D eigenvalue weighted by Gasteiger charge is -2.28. The lowest BCUT2D eigenvalue weighted by Crippen LogP contribution is -2.49. The van der Waals surface area contributed by atoms with E-state index in [2.05, 4.69) is 10.0 Å². The molecule has 0 heterocycles. The van der Waals surface area contributed by atoms with E-state index in [1.807, 2.05) is 0 Å². The van der Waals surface area contributed by atoms with E-state index < -0.39 is 46.1 Å². The van der Waals surface area contributed by atoms with Gasteiger partial charge in [0.2, 0.25) is 5.91 Å². The van der Waals surface area contributed by atoms with Gasteiger partial charge in [0.05, 0.1) is 11.5 Å². The minimum Gasteiger partial charge on any atom is -0.484 e. The largest absolute Gasteiger partial charge is 0.484 e. The number of sulfonamides is 1. The molecule has 0 aliphatic carbocycles. The molecule has 0 aliphatic rings. The van der Waals surface area contributed by atoms with Crippen LogP contribution in [0.4, 0.5) is 14.5 Å². The topological polar surface area (TPSA) is 114 Å². The highest BCUT2D eigenvalue weighted by Crippen LogP contribution is 2.20. The first-order valence-corrected chi connectivity index (χ1v) is 13.4. The molecule has 2 N–H and O–H groups in total. The molecule has 0 bridgehead atoms. The summed E-state index contributed by atoms with van der Waals surface area (Å²) < 4.78 is 64.5. The van der Waals surface area contributed by atoms with E-state index in [0.29, 0.717) is 12.2 Å². The second-order valence-corrected chi connectivity index (χ2v) is 10.2. The fourth-order valence-electron chi connectivity index (χ4n) is 3.47. The quantitative estimate of drug-likeness (QED) is 0.310. The van der Waals surface area contributed by atoms with Crippen LogP contribution in [0.2, 0.25) is 0 Å². The Morgan fingerprint density at radius 3 is 2.10 bits per heavy atom. The number of anilines is 1. The van der Waals surface area contributed by atoms with Crippen molar-refractivity contribution in [3.8, 4) is 5.75 Å². The smallest absolute Gasteiger partial charge is 0.261 e. The number of hydrogen-bond acceptors (Lipinski definition) is 6. The van der Waals surface area contributed by atoms with E-state index in [9.17, 15) is 26.8 Å². The number of carbonyl (C=O) groups is 2. The summed E-state index contributed by atoms with van der Waals surface area (Å²) in [6.07, 6.45) is 0. The minimum atomic E-state index is -3.94. The Bertz CT molecular complexity index is 1350. The van der Waals surface area contributed by atoms with Crippen molar-refractivity contribution in [1.29, 1.82) is 0 Å². The predicted molar refractivity (Wildman–Crippen MR) is 140 cm³/mol. The molecule has 0 saturated heterocycles. The van der Waals surface area contributed by atoms with Crippen molar-refractivity contribution in [2.45, 2.75) is 24.4 Å². The number of nitrogens with zero attached hydrogens (tertiary/aromatic N) is 1. The van der Waals surface area contributed by atoms with Gasteiger partial charge in [0.1, 0.15) is 23.4 Å². The Labute approximate surface area is 225 Å². The molecule has 0 saturated carbocycles. The summed E-state index contributed by atoms with van der Waals surface area (Å²) in [6, 6.07) is 14.9. The van der Waals surface area contributed by atoms with Gasteiger partial charge in [0, 0.05) is 25.9 Å². The van der Waals surface area contributed by atoms with Gasteiger partial charge >= 0.3 is 0 Å². The average molecular weight is 562 g/mol. The van der Waals surface area contributed by atoms with Gasteiger partial charge in [-0.15, -0.1) is 0 Å². The molecule has 3 rings (SSSR count). The van der Waals surface area contributed by atoms with Crippen LogP contribution in [-0.2, 0) is 30.9 Å². The molecule has 9 nitrogen and oxygen atoms in total. The van der Waals surface area contributed by atoms with Crippen LogP contribution >= 0.6 is 0 Å². The van der Waals surface area contributed by atoms with Crippen LogP contribution in [0.25, 0.3) is 0 Å². The Hall–Kier alpha value is -4.03. The first-order valence-electron chi connectivity index (χ1n) is 11.9. The third-order valence-electron chi connectivity index (χ3n) is 5.63. The minimum absolute atomic E-state index is 0.0353. The number of ether oxygens (including phenoxy) is 2. The van der Waals surface area contributed by atoms with Crippen LogP contribution in [0.15, 0.2) is 77.7 Å². The molecular weight excluding hydrogens is 532 g/mol. The molecule has 0 aliphatic heterocycles. The molecule has 0 radical (unpaired) electrons. The Balaban J connectivity index is 1.67. The van der Waals surface area contributed by atoms with Crippen molar-refractivity contribution in [1.82, 2.24) is 10.2 Å². The van der Waals surface area contributed by atoms with Crippen LogP contribution in [-0.4, -0.2) is 58.0 Å². The Morgan fingerprint density at radius 1 is 0.923 bits per heavy atom. The normalized spacial score (nSPS) is 11.9. The number of nitrogens with one attached hydrogen (secondary N) is 2. The van der Waals surface area contributed by atoms with Crippen LogP contribution in [0.1, 0.15) is 12.5 Å². The second-order valence-electron chi connectivity index (χ2n) is 8.48. The van der Waals surface area contributed by atoms with E-state index in [-0.39, 0.29) is 29.4 Å². The fourth-order valence-corrected chi connectivity index (χ4v) is 4.53. The standard InChI is InChI=1S/C27H29F2N3O6S/c1-19(27(34)30-15-16-37-2)32(17-20-3-5-21(28)6-4-20)26(33)18-38-24-11-13-25(14-12-24)39(35,36)31-23-9-7-22(29)8-10-23/h3-14,19,31H,15-18H2,1-2H3,(H,30,34)/t19-/m1/s1. The molecule has 39 heavy (non-hydrogen) atoms. The summed E-state index contributed by atoms with van der Waals surface area (Å²) in [5, 5.41) is 2.69. The zero-order chi connectivity index (χ0) is 28.4. The van der Waals surface area contributed by atoms with Gasteiger partial charge in [-0.3, -0.25) is 14.3 Å². The van der Waals surface area contributed by atoms with Crippen molar-refractivity contribution in [3.05, 3.63) is 90.0 Å². The predicted octanol–water partition coefficient (Wildman–Crippen LogP) is 3.32. The van der Waals surface area contributed by atoms with Gasteiger partial charge in [-0.05, 0) is 73.2 Å². The van der Waals surface area contributed by atoms with Crippen LogP contribution in [0.5, 0.6) is 5.75 Å². The van der Waals surface area contributed by atoms with Gasteiger partial charge in [-0.25, -0.2) is 17.2 Å². The highest BCUT2D eigenvalue weighted by molar-refractivity contribution is 7.92. The van der Waals surface area contributed by atoms with Gasteiger partial charge in [-0.1, -0.05) is 12.1 Å². The Morgan fingerprint density at radius 2 is 1.51 bits per heavy atom. The molecule has 2 amide bonds. The molecule has 0 aromatic heterocycles. The second kappa shape index (κ2) is 13.7. The summed E-state index contributed by atoms with van der Waals surface area (Å²) >= 11 is 0. The highest BCUT2D eigenvalue weighted by Gasteiger charge is 2.26. The first-order chi connectivity index (χ1) is 18.6. The number of carbonyl (C=O) groups excluding carboxylic acids is 2. The van der Waals surface area contributed by atoms with Crippen molar-refractivity contribution in [2.24, 2.45) is 0 Å². The molecule has 208 valence electrons. The van der Waals surface area contributed by atoms with Crippen LogP contribution < -0.4 is 14.8 Å².